The largest absolute Gasteiger partial charge is 0.338 e. The maximum atomic E-state index is 4.44. The summed E-state index contributed by atoms with van der Waals surface area (Å²) in [7, 11) is 0. The van der Waals surface area contributed by atoms with Gasteiger partial charge in [0.15, 0.2) is 0 Å². The highest BCUT2D eigenvalue weighted by Gasteiger charge is 2.13. The van der Waals surface area contributed by atoms with Crippen molar-refractivity contribution >= 4 is 21.9 Å². The van der Waals surface area contributed by atoms with Crippen LogP contribution in [0.5, 0.6) is 0 Å². The number of hydrogen-bond acceptors (Lipinski definition) is 5. The lowest BCUT2D eigenvalue weighted by Crippen LogP contribution is -1.88. The molecule has 24 heavy (non-hydrogen) atoms. The van der Waals surface area contributed by atoms with E-state index in [1.54, 1.807) is 31.0 Å². The van der Waals surface area contributed by atoms with Gasteiger partial charge in [-0.25, -0.2) is 4.98 Å². The molecule has 0 amide bonds. The molecule has 0 aromatic carbocycles. The predicted molar refractivity (Wildman–Crippen MR) is 90.0 cm³/mol. The molecule has 0 radical (unpaired) electrons. The first-order valence-electron chi connectivity index (χ1n) is 7.43. The second-order valence-corrected chi connectivity index (χ2v) is 5.40. The average molecular weight is 313 g/mol. The molecular formula is C17H11N7. The third-order valence-electron chi connectivity index (χ3n) is 3.92. The number of aromatic nitrogens is 7. The van der Waals surface area contributed by atoms with Crippen molar-refractivity contribution in [2.75, 3.05) is 0 Å². The summed E-state index contributed by atoms with van der Waals surface area (Å²) in [5.41, 5.74) is 4.93. The smallest absolute Gasteiger partial charge is 0.137 e. The summed E-state index contributed by atoms with van der Waals surface area (Å²) >= 11 is 0. The molecule has 0 spiro atoms. The summed E-state index contributed by atoms with van der Waals surface area (Å²) in [5, 5.41) is 9.47. The van der Waals surface area contributed by atoms with Crippen molar-refractivity contribution in [2.45, 2.75) is 0 Å². The summed E-state index contributed by atoms with van der Waals surface area (Å²) in [4.78, 5) is 20.5. The first-order chi connectivity index (χ1) is 11.9. The summed E-state index contributed by atoms with van der Waals surface area (Å²) in [6.07, 6.45) is 8.52. The zero-order chi connectivity index (χ0) is 15.9. The molecule has 5 aromatic heterocycles. The Morgan fingerprint density at radius 3 is 2.75 bits per heavy atom. The number of rotatable bonds is 2. The number of nitrogens with zero attached hydrogens (tertiary/aromatic N) is 5. The fraction of sp³-hybridized carbons (Fsp3) is 0. The highest BCUT2D eigenvalue weighted by atomic mass is 15.1. The van der Waals surface area contributed by atoms with Crippen molar-refractivity contribution in [1.82, 2.24) is 35.1 Å². The average Bonchev–Trinajstić information content (AvgIpc) is 3.25. The second kappa shape index (κ2) is 4.95. The summed E-state index contributed by atoms with van der Waals surface area (Å²) in [5.74, 6) is 0. The van der Waals surface area contributed by atoms with E-state index < -0.39 is 0 Å². The molecule has 0 saturated carbocycles. The molecule has 0 atom stereocenters. The third kappa shape index (κ3) is 1.95. The minimum absolute atomic E-state index is 0.727. The van der Waals surface area contributed by atoms with Crippen LogP contribution < -0.4 is 0 Å². The maximum Gasteiger partial charge on any atom is 0.137 e. The lowest BCUT2D eigenvalue weighted by Gasteiger charge is -1.99. The first-order valence-corrected chi connectivity index (χ1v) is 7.43. The van der Waals surface area contributed by atoms with Crippen LogP contribution in [-0.2, 0) is 0 Å². The SMILES string of the molecule is c1cnc2[nH]c(-c3n[nH]c4cnc(-c5cnccn5)cc34)cc2c1. The number of hydrogen-bond donors (Lipinski definition) is 2. The molecule has 7 nitrogen and oxygen atoms in total. The standard InChI is InChI=1S/C17H11N7/c1-2-10-6-13(22-17(10)20-3-1)16-11-7-12(15-8-18-4-5-19-15)21-9-14(11)23-24-16/h1-9H,(H,20,22)(H,23,24). The van der Waals surface area contributed by atoms with Gasteiger partial charge in [0.05, 0.1) is 29.3 Å². The van der Waals surface area contributed by atoms with E-state index in [0.29, 0.717) is 0 Å². The van der Waals surface area contributed by atoms with Crippen LogP contribution in [-0.4, -0.2) is 35.1 Å². The van der Waals surface area contributed by atoms with Crippen molar-refractivity contribution in [1.29, 1.82) is 0 Å². The lowest BCUT2D eigenvalue weighted by molar-refractivity contribution is 1.11. The van der Waals surface area contributed by atoms with Gasteiger partial charge in [0, 0.05) is 29.4 Å². The Morgan fingerprint density at radius 1 is 0.875 bits per heavy atom. The Balaban J connectivity index is 1.71. The van der Waals surface area contributed by atoms with Gasteiger partial charge >= 0.3 is 0 Å². The van der Waals surface area contributed by atoms with Gasteiger partial charge in [-0.2, -0.15) is 5.10 Å². The molecule has 5 aromatic rings. The molecule has 0 unspecified atom stereocenters. The van der Waals surface area contributed by atoms with Crippen molar-refractivity contribution < 1.29 is 0 Å². The topological polar surface area (TPSA) is 96.0 Å². The number of nitrogens with one attached hydrogen (secondary N) is 2. The normalized spacial score (nSPS) is 11.3. The van der Waals surface area contributed by atoms with Gasteiger partial charge in [-0.05, 0) is 24.3 Å². The van der Waals surface area contributed by atoms with Gasteiger partial charge in [-0.3, -0.25) is 20.1 Å². The van der Waals surface area contributed by atoms with Gasteiger partial charge in [-0.15, -0.1) is 0 Å². The van der Waals surface area contributed by atoms with Gasteiger partial charge in [0.2, 0.25) is 0 Å². The Hall–Kier alpha value is -3.61. The monoisotopic (exact) mass is 313 g/mol. The minimum Gasteiger partial charge on any atom is -0.338 e. The van der Waals surface area contributed by atoms with Crippen LogP contribution in [0.1, 0.15) is 0 Å². The predicted octanol–water partition coefficient (Wildman–Crippen LogP) is 2.96. The van der Waals surface area contributed by atoms with Gasteiger partial charge in [0.25, 0.3) is 0 Å². The van der Waals surface area contributed by atoms with Crippen LogP contribution in [0.3, 0.4) is 0 Å². The lowest BCUT2D eigenvalue weighted by atomic mass is 10.1. The molecule has 5 heterocycles. The fourth-order valence-electron chi connectivity index (χ4n) is 2.78. The van der Waals surface area contributed by atoms with Crippen LogP contribution >= 0.6 is 0 Å². The van der Waals surface area contributed by atoms with E-state index >= 15 is 0 Å². The Kier molecular flexibility index (Phi) is 2.66. The van der Waals surface area contributed by atoms with E-state index in [4.69, 9.17) is 0 Å². The number of aromatic amines is 2. The minimum atomic E-state index is 0.727. The van der Waals surface area contributed by atoms with Gasteiger partial charge in [0.1, 0.15) is 17.0 Å². The van der Waals surface area contributed by atoms with E-state index in [2.05, 4.69) is 35.1 Å². The zero-order valence-electron chi connectivity index (χ0n) is 12.4. The highest BCUT2D eigenvalue weighted by Crippen LogP contribution is 2.29. The molecule has 7 heteroatoms. The third-order valence-corrected chi connectivity index (χ3v) is 3.92. The molecule has 5 rings (SSSR count). The molecule has 0 bridgehead atoms. The molecule has 2 N–H and O–H groups in total. The van der Waals surface area contributed by atoms with E-state index in [-0.39, 0.29) is 0 Å². The van der Waals surface area contributed by atoms with Crippen LogP contribution in [0.4, 0.5) is 0 Å². The second-order valence-electron chi connectivity index (χ2n) is 5.40. The summed E-state index contributed by atoms with van der Waals surface area (Å²) < 4.78 is 0. The van der Waals surface area contributed by atoms with Crippen molar-refractivity contribution in [3.63, 3.8) is 0 Å². The van der Waals surface area contributed by atoms with Gasteiger partial charge in [-0.1, -0.05) is 0 Å². The van der Waals surface area contributed by atoms with E-state index in [0.717, 1.165) is 44.7 Å². The van der Waals surface area contributed by atoms with Crippen LogP contribution in [0.25, 0.3) is 44.7 Å². The van der Waals surface area contributed by atoms with Crippen molar-refractivity contribution in [2.24, 2.45) is 0 Å². The maximum absolute atomic E-state index is 4.44. The highest BCUT2D eigenvalue weighted by molar-refractivity contribution is 5.96. The van der Waals surface area contributed by atoms with Crippen LogP contribution in [0.15, 0.2) is 55.2 Å². The molecule has 0 fully saturated rings. The number of pyridine rings is 2. The van der Waals surface area contributed by atoms with Crippen LogP contribution in [0.2, 0.25) is 0 Å². The summed E-state index contributed by atoms with van der Waals surface area (Å²) in [6, 6.07) is 7.94. The Bertz CT molecular complexity index is 1120. The quantitative estimate of drug-likeness (QED) is 0.522. The van der Waals surface area contributed by atoms with E-state index in [9.17, 15) is 0 Å². The number of fused-ring (bicyclic) bond motifs is 2. The molecular weight excluding hydrogens is 302 g/mol. The summed E-state index contributed by atoms with van der Waals surface area (Å²) in [6.45, 7) is 0. The van der Waals surface area contributed by atoms with E-state index in [1.165, 1.54) is 0 Å². The molecule has 0 saturated heterocycles. The number of H-pyrrole nitrogens is 2. The fourth-order valence-corrected chi connectivity index (χ4v) is 2.78. The Labute approximate surface area is 135 Å². The Morgan fingerprint density at radius 2 is 1.88 bits per heavy atom. The molecule has 0 aliphatic rings. The zero-order valence-corrected chi connectivity index (χ0v) is 12.4. The first kappa shape index (κ1) is 12.9. The van der Waals surface area contributed by atoms with Crippen molar-refractivity contribution in [3.05, 3.63) is 55.2 Å². The van der Waals surface area contributed by atoms with Crippen molar-refractivity contribution in [3.8, 4) is 22.8 Å². The molecule has 114 valence electrons. The van der Waals surface area contributed by atoms with E-state index in [1.807, 2.05) is 24.3 Å². The van der Waals surface area contributed by atoms with Gasteiger partial charge < -0.3 is 4.98 Å². The molecule has 0 aliphatic heterocycles. The van der Waals surface area contributed by atoms with Crippen LogP contribution in [0, 0.1) is 0 Å². The molecule has 0 aliphatic carbocycles.